The molecule has 0 radical (unpaired) electrons. The Bertz CT molecular complexity index is 395. The van der Waals surface area contributed by atoms with Gasteiger partial charge in [0.05, 0.1) is 11.9 Å². The Labute approximate surface area is 83.7 Å². The number of nitrogens with zero attached hydrogens (tertiary/aromatic N) is 2. The van der Waals surface area contributed by atoms with Crippen LogP contribution in [-0.2, 0) is 0 Å². The van der Waals surface area contributed by atoms with Crippen molar-refractivity contribution in [1.82, 2.24) is 9.61 Å². The number of hydrogen-bond donors (Lipinski definition) is 0. The second-order valence-electron chi connectivity index (χ2n) is 4.29. The molecule has 2 aromatic rings. The van der Waals surface area contributed by atoms with Crippen LogP contribution in [0.3, 0.4) is 0 Å². The molecule has 0 aromatic carbocycles. The van der Waals surface area contributed by atoms with Gasteiger partial charge in [0.15, 0.2) is 0 Å². The van der Waals surface area contributed by atoms with E-state index in [0.717, 1.165) is 11.4 Å². The highest BCUT2D eigenvalue weighted by Gasteiger charge is 2.15. The number of hydrogen-bond acceptors (Lipinski definition) is 2. The van der Waals surface area contributed by atoms with E-state index >= 15 is 0 Å². The summed E-state index contributed by atoms with van der Waals surface area (Å²) in [5.74, 6) is 0.898. The summed E-state index contributed by atoms with van der Waals surface area (Å²) in [6.07, 6.45) is 3.70. The Morgan fingerprint density at radius 3 is 2.50 bits per heavy atom. The largest absolute Gasteiger partial charge is 0.444 e. The third-order valence-corrected chi connectivity index (χ3v) is 2.50. The van der Waals surface area contributed by atoms with Crippen molar-refractivity contribution in [3.8, 4) is 0 Å². The highest BCUT2D eigenvalue weighted by Crippen LogP contribution is 2.25. The van der Waals surface area contributed by atoms with E-state index in [9.17, 15) is 0 Å². The third-order valence-electron chi connectivity index (χ3n) is 2.50. The van der Waals surface area contributed by atoms with Crippen molar-refractivity contribution in [3.05, 3.63) is 23.7 Å². The zero-order valence-electron chi connectivity index (χ0n) is 9.11. The molecule has 2 aromatic heterocycles. The van der Waals surface area contributed by atoms with Crippen LogP contribution in [0.5, 0.6) is 0 Å². The summed E-state index contributed by atoms with van der Waals surface area (Å²) in [4.78, 5) is 0. The number of rotatable bonds is 2. The van der Waals surface area contributed by atoms with Crippen molar-refractivity contribution >= 4 is 5.71 Å². The van der Waals surface area contributed by atoms with Gasteiger partial charge in [0.1, 0.15) is 6.26 Å². The Kier molecular flexibility index (Phi) is 2.10. The van der Waals surface area contributed by atoms with Crippen LogP contribution in [0.2, 0.25) is 0 Å². The fourth-order valence-corrected chi connectivity index (χ4v) is 1.59. The lowest BCUT2D eigenvalue weighted by molar-refractivity contribution is 0.595. The van der Waals surface area contributed by atoms with Crippen LogP contribution >= 0.6 is 0 Å². The summed E-state index contributed by atoms with van der Waals surface area (Å²) < 4.78 is 7.45. The molecule has 3 nitrogen and oxygen atoms in total. The van der Waals surface area contributed by atoms with Gasteiger partial charge in [-0.25, -0.2) is 4.52 Å². The van der Waals surface area contributed by atoms with Crippen LogP contribution in [0.4, 0.5) is 0 Å². The van der Waals surface area contributed by atoms with Crippen molar-refractivity contribution in [2.45, 2.75) is 39.5 Å². The first-order chi connectivity index (χ1) is 6.61. The van der Waals surface area contributed by atoms with Gasteiger partial charge < -0.3 is 4.42 Å². The highest BCUT2D eigenvalue weighted by atomic mass is 16.3. The summed E-state index contributed by atoms with van der Waals surface area (Å²) in [6, 6.07) is 0. The van der Waals surface area contributed by atoms with E-state index in [1.54, 1.807) is 6.26 Å². The van der Waals surface area contributed by atoms with Crippen LogP contribution < -0.4 is 0 Å². The maximum Gasteiger partial charge on any atom is 0.225 e. The average Bonchev–Trinajstić information content (AvgIpc) is 2.59. The van der Waals surface area contributed by atoms with Crippen molar-refractivity contribution in [3.63, 3.8) is 0 Å². The molecule has 0 amide bonds. The van der Waals surface area contributed by atoms with E-state index in [-0.39, 0.29) is 0 Å². The maximum atomic E-state index is 5.54. The number of aromatic nitrogens is 2. The molecule has 0 N–H and O–H groups in total. The minimum absolute atomic E-state index is 0.441. The molecule has 0 spiro atoms. The molecule has 0 aliphatic heterocycles. The molecule has 0 unspecified atom stereocenters. The molecule has 0 fully saturated rings. The molecule has 2 rings (SSSR count). The summed E-state index contributed by atoms with van der Waals surface area (Å²) >= 11 is 0. The van der Waals surface area contributed by atoms with E-state index in [1.807, 2.05) is 10.7 Å². The zero-order chi connectivity index (χ0) is 10.3. The molecular formula is C11H16N2O. The Morgan fingerprint density at radius 1 is 1.21 bits per heavy atom. The molecule has 3 heteroatoms. The minimum atomic E-state index is 0.441. The lowest BCUT2D eigenvalue weighted by Gasteiger charge is -1.98. The summed E-state index contributed by atoms with van der Waals surface area (Å²) in [5.41, 5.74) is 3.20. The van der Waals surface area contributed by atoms with E-state index in [2.05, 4.69) is 32.8 Å². The van der Waals surface area contributed by atoms with Gasteiger partial charge in [-0.05, 0) is 11.8 Å². The molecule has 76 valence electrons. The van der Waals surface area contributed by atoms with Gasteiger partial charge in [-0.15, -0.1) is 0 Å². The predicted molar refractivity (Wildman–Crippen MR) is 55.6 cm³/mol. The zero-order valence-corrected chi connectivity index (χ0v) is 9.11. The SMILES string of the molecule is CC(C)c1cnn2c(C(C)C)coc12. The quantitative estimate of drug-likeness (QED) is 0.731. The Morgan fingerprint density at radius 2 is 1.93 bits per heavy atom. The fraction of sp³-hybridized carbons (Fsp3) is 0.545. The molecule has 0 aliphatic rings. The van der Waals surface area contributed by atoms with Crippen LogP contribution in [0.25, 0.3) is 5.71 Å². The summed E-state index contributed by atoms with van der Waals surface area (Å²) in [7, 11) is 0. The first-order valence-electron chi connectivity index (χ1n) is 5.06. The van der Waals surface area contributed by atoms with E-state index in [0.29, 0.717) is 11.8 Å². The molecular weight excluding hydrogens is 176 g/mol. The smallest absolute Gasteiger partial charge is 0.225 e. The molecule has 0 bridgehead atoms. The lowest BCUT2D eigenvalue weighted by atomic mass is 10.1. The van der Waals surface area contributed by atoms with Gasteiger partial charge in [0.2, 0.25) is 5.71 Å². The monoisotopic (exact) mass is 192 g/mol. The van der Waals surface area contributed by atoms with E-state index in [1.165, 1.54) is 5.56 Å². The molecule has 0 saturated carbocycles. The number of fused-ring (bicyclic) bond motifs is 1. The average molecular weight is 192 g/mol. The summed E-state index contributed by atoms with van der Waals surface area (Å²) in [5, 5.41) is 4.34. The van der Waals surface area contributed by atoms with Gasteiger partial charge in [-0.1, -0.05) is 27.7 Å². The van der Waals surface area contributed by atoms with Crippen molar-refractivity contribution in [2.75, 3.05) is 0 Å². The molecule has 0 aliphatic carbocycles. The lowest BCUT2D eigenvalue weighted by Crippen LogP contribution is -1.94. The topological polar surface area (TPSA) is 30.4 Å². The van der Waals surface area contributed by atoms with Gasteiger partial charge >= 0.3 is 0 Å². The first-order valence-corrected chi connectivity index (χ1v) is 5.06. The standard InChI is InChI=1S/C11H16N2O/c1-7(2)9-5-12-13-10(8(3)4)6-14-11(9)13/h5-8H,1-4H3. The molecule has 0 saturated heterocycles. The summed E-state index contributed by atoms with van der Waals surface area (Å²) in [6.45, 7) is 8.57. The Balaban J connectivity index is 2.61. The van der Waals surface area contributed by atoms with Crippen LogP contribution in [0.15, 0.2) is 16.9 Å². The molecule has 14 heavy (non-hydrogen) atoms. The fourth-order valence-electron chi connectivity index (χ4n) is 1.59. The minimum Gasteiger partial charge on any atom is -0.444 e. The van der Waals surface area contributed by atoms with Gasteiger partial charge in [-0.2, -0.15) is 5.10 Å². The second-order valence-corrected chi connectivity index (χ2v) is 4.29. The highest BCUT2D eigenvalue weighted by molar-refractivity contribution is 5.46. The van der Waals surface area contributed by atoms with Crippen molar-refractivity contribution < 1.29 is 4.42 Å². The maximum absolute atomic E-state index is 5.54. The van der Waals surface area contributed by atoms with E-state index < -0.39 is 0 Å². The molecule has 0 atom stereocenters. The second kappa shape index (κ2) is 3.15. The van der Waals surface area contributed by atoms with Crippen molar-refractivity contribution in [2.24, 2.45) is 0 Å². The van der Waals surface area contributed by atoms with Gasteiger partial charge in [-0.3, -0.25) is 0 Å². The molecule has 2 heterocycles. The van der Waals surface area contributed by atoms with Crippen LogP contribution in [-0.4, -0.2) is 9.61 Å². The van der Waals surface area contributed by atoms with Crippen LogP contribution in [0, 0.1) is 0 Å². The number of oxazole rings is 1. The van der Waals surface area contributed by atoms with Crippen molar-refractivity contribution in [1.29, 1.82) is 0 Å². The Hall–Kier alpha value is -1.25. The van der Waals surface area contributed by atoms with Crippen LogP contribution in [0.1, 0.15) is 50.8 Å². The third kappa shape index (κ3) is 1.24. The van der Waals surface area contributed by atoms with E-state index in [4.69, 9.17) is 4.42 Å². The van der Waals surface area contributed by atoms with Gasteiger partial charge in [0.25, 0.3) is 0 Å². The normalized spacial score (nSPS) is 12.1. The van der Waals surface area contributed by atoms with Gasteiger partial charge in [0, 0.05) is 5.56 Å². The first kappa shape index (κ1) is 9.31. The predicted octanol–water partition coefficient (Wildman–Crippen LogP) is 3.17.